The maximum Gasteiger partial charge on any atom is 0.309 e. The monoisotopic (exact) mass is 512 g/mol. The normalized spacial score (nSPS) is 15.6. The van der Waals surface area contributed by atoms with Gasteiger partial charge in [-0.15, -0.1) is 0 Å². The highest BCUT2D eigenvalue weighted by Crippen LogP contribution is 2.37. The number of fused-ring (bicyclic) bond motifs is 1. The standard InChI is InChI=1S/C28H34F2N4O3/c1-37-23-4-5-26-25(16-23)24(19(17-31)18-33-26)3-2-6-28(27(35)36)7-10-34(11-8-28)12-9-32-22-14-20(29)13-21(30)15-22/h4-5,13-16,18,32H,2-3,6-12,17,31H2,1H3,(H,35,36). The first-order valence-electron chi connectivity index (χ1n) is 12.6. The maximum absolute atomic E-state index is 13.4. The minimum absolute atomic E-state index is 0.366. The van der Waals surface area contributed by atoms with Crippen molar-refractivity contribution in [2.75, 3.05) is 38.6 Å². The molecule has 1 aliphatic heterocycles. The zero-order valence-electron chi connectivity index (χ0n) is 21.1. The number of aryl methyl sites for hydroxylation is 1. The molecule has 0 radical (unpaired) electrons. The molecule has 2 heterocycles. The molecule has 0 bridgehead atoms. The van der Waals surface area contributed by atoms with Crippen LogP contribution in [0.15, 0.2) is 42.6 Å². The third-order valence-corrected chi connectivity index (χ3v) is 7.46. The number of hydrogen-bond acceptors (Lipinski definition) is 6. The van der Waals surface area contributed by atoms with Crippen LogP contribution in [0.2, 0.25) is 0 Å². The summed E-state index contributed by atoms with van der Waals surface area (Å²) in [4.78, 5) is 19.1. The molecule has 9 heteroatoms. The van der Waals surface area contributed by atoms with Gasteiger partial charge in [0.2, 0.25) is 0 Å². The Bertz CT molecular complexity index is 1220. The van der Waals surface area contributed by atoms with E-state index in [4.69, 9.17) is 10.5 Å². The zero-order valence-corrected chi connectivity index (χ0v) is 21.1. The van der Waals surface area contributed by atoms with E-state index in [1.807, 2.05) is 24.4 Å². The summed E-state index contributed by atoms with van der Waals surface area (Å²) in [6, 6.07) is 9.12. The Kier molecular flexibility index (Phi) is 8.56. The van der Waals surface area contributed by atoms with Crippen LogP contribution in [-0.2, 0) is 17.8 Å². The number of aromatic nitrogens is 1. The van der Waals surface area contributed by atoms with E-state index in [1.54, 1.807) is 7.11 Å². The van der Waals surface area contributed by atoms with Gasteiger partial charge in [0.25, 0.3) is 0 Å². The summed E-state index contributed by atoms with van der Waals surface area (Å²) in [5, 5.41) is 14.2. The summed E-state index contributed by atoms with van der Waals surface area (Å²) in [5.41, 5.74) is 8.56. The van der Waals surface area contributed by atoms with Gasteiger partial charge in [0.05, 0.1) is 18.0 Å². The topological polar surface area (TPSA) is 101 Å². The summed E-state index contributed by atoms with van der Waals surface area (Å²) >= 11 is 0. The first-order chi connectivity index (χ1) is 17.8. The average molecular weight is 513 g/mol. The summed E-state index contributed by atoms with van der Waals surface area (Å²) in [6.07, 6.45) is 4.95. The number of anilines is 1. The van der Waals surface area contributed by atoms with Crippen molar-refractivity contribution in [1.29, 1.82) is 0 Å². The molecule has 1 aliphatic rings. The molecule has 0 amide bonds. The van der Waals surface area contributed by atoms with Crippen molar-refractivity contribution >= 4 is 22.6 Å². The lowest BCUT2D eigenvalue weighted by atomic mass is 9.74. The molecule has 3 aromatic rings. The molecule has 4 rings (SSSR count). The van der Waals surface area contributed by atoms with Gasteiger partial charge in [-0.2, -0.15) is 0 Å². The minimum Gasteiger partial charge on any atom is -0.497 e. The van der Waals surface area contributed by atoms with Crippen molar-refractivity contribution in [3.05, 3.63) is 65.4 Å². The van der Waals surface area contributed by atoms with Crippen molar-refractivity contribution < 1.29 is 23.4 Å². The van der Waals surface area contributed by atoms with Crippen LogP contribution in [0.25, 0.3) is 10.9 Å². The van der Waals surface area contributed by atoms with Gasteiger partial charge in [-0.25, -0.2) is 8.78 Å². The number of likely N-dealkylation sites (tertiary alicyclic amines) is 1. The van der Waals surface area contributed by atoms with E-state index in [1.165, 1.54) is 12.1 Å². The maximum atomic E-state index is 13.4. The number of piperidine rings is 1. The second kappa shape index (κ2) is 11.8. The van der Waals surface area contributed by atoms with Crippen molar-refractivity contribution in [3.8, 4) is 5.75 Å². The van der Waals surface area contributed by atoms with Gasteiger partial charge < -0.3 is 25.8 Å². The van der Waals surface area contributed by atoms with E-state index in [0.717, 1.165) is 40.3 Å². The number of ether oxygens (including phenoxy) is 1. The largest absolute Gasteiger partial charge is 0.497 e. The van der Waals surface area contributed by atoms with Crippen molar-refractivity contribution in [2.45, 2.75) is 38.6 Å². The van der Waals surface area contributed by atoms with Gasteiger partial charge >= 0.3 is 5.97 Å². The van der Waals surface area contributed by atoms with Crippen LogP contribution >= 0.6 is 0 Å². The number of nitrogens with two attached hydrogens (primary N) is 1. The number of methoxy groups -OCH3 is 1. The third kappa shape index (κ3) is 6.34. The number of rotatable bonds is 11. The van der Waals surface area contributed by atoms with Crippen LogP contribution in [0.5, 0.6) is 5.75 Å². The molecule has 0 aliphatic carbocycles. The van der Waals surface area contributed by atoms with Gasteiger partial charge in [0, 0.05) is 43.0 Å². The Hall–Kier alpha value is -3.30. The number of carbonyl (C=O) groups is 1. The summed E-state index contributed by atoms with van der Waals surface area (Å²) in [7, 11) is 1.63. The number of benzene rings is 2. The lowest BCUT2D eigenvalue weighted by molar-refractivity contribution is -0.152. The third-order valence-electron chi connectivity index (χ3n) is 7.46. The fourth-order valence-corrected chi connectivity index (χ4v) is 5.26. The molecule has 0 atom stereocenters. The molecular formula is C28H34F2N4O3. The lowest BCUT2D eigenvalue weighted by Crippen LogP contribution is -2.45. The predicted octanol–water partition coefficient (Wildman–Crippen LogP) is 4.58. The molecule has 37 heavy (non-hydrogen) atoms. The molecule has 7 nitrogen and oxygen atoms in total. The summed E-state index contributed by atoms with van der Waals surface area (Å²) in [5.74, 6) is -1.25. The Balaban J connectivity index is 1.35. The second-order valence-electron chi connectivity index (χ2n) is 9.71. The fraction of sp³-hybridized carbons (Fsp3) is 0.429. The highest BCUT2D eigenvalue weighted by Gasteiger charge is 2.40. The summed E-state index contributed by atoms with van der Waals surface area (Å²) in [6.45, 7) is 2.87. The quantitative estimate of drug-likeness (QED) is 0.346. The number of pyridine rings is 1. The smallest absolute Gasteiger partial charge is 0.309 e. The average Bonchev–Trinajstić information content (AvgIpc) is 2.88. The molecule has 0 unspecified atom stereocenters. The van der Waals surface area contributed by atoms with Crippen LogP contribution in [0.4, 0.5) is 14.5 Å². The first-order valence-corrected chi connectivity index (χ1v) is 12.6. The molecule has 0 spiro atoms. The number of hydrogen-bond donors (Lipinski definition) is 3. The fourth-order valence-electron chi connectivity index (χ4n) is 5.26. The SMILES string of the molecule is COc1ccc2ncc(CN)c(CCCC3(C(=O)O)CCN(CCNc4cc(F)cc(F)c4)CC3)c2c1. The number of nitrogens with one attached hydrogen (secondary N) is 1. The number of carboxylic acids is 1. The molecule has 4 N–H and O–H groups in total. The van der Waals surface area contributed by atoms with Gasteiger partial charge in [0.1, 0.15) is 17.4 Å². The minimum atomic E-state index is -0.765. The van der Waals surface area contributed by atoms with Crippen LogP contribution < -0.4 is 15.8 Å². The lowest BCUT2D eigenvalue weighted by Gasteiger charge is -2.39. The molecule has 1 fully saturated rings. The van der Waals surface area contributed by atoms with E-state index in [-0.39, 0.29) is 0 Å². The molecular weight excluding hydrogens is 478 g/mol. The van der Waals surface area contributed by atoms with Crippen LogP contribution in [0, 0.1) is 17.0 Å². The molecule has 198 valence electrons. The van der Waals surface area contributed by atoms with Gasteiger partial charge in [0.15, 0.2) is 0 Å². The van der Waals surface area contributed by atoms with E-state index in [9.17, 15) is 18.7 Å². The van der Waals surface area contributed by atoms with Crippen molar-refractivity contribution in [3.63, 3.8) is 0 Å². The first kappa shape index (κ1) is 26.8. The van der Waals surface area contributed by atoms with Crippen LogP contribution in [0.1, 0.15) is 36.8 Å². The van der Waals surface area contributed by atoms with Gasteiger partial charge in [-0.3, -0.25) is 9.78 Å². The second-order valence-corrected chi connectivity index (χ2v) is 9.71. The van der Waals surface area contributed by atoms with Crippen LogP contribution in [0.3, 0.4) is 0 Å². The Labute approximate surface area is 215 Å². The Morgan fingerprint density at radius 3 is 2.57 bits per heavy atom. The van der Waals surface area contributed by atoms with Crippen molar-refractivity contribution in [2.24, 2.45) is 11.1 Å². The molecule has 0 saturated carbocycles. The molecule has 2 aromatic carbocycles. The van der Waals surface area contributed by atoms with Gasteiger partial charge in [-0.05, 0) is 86.7 Å². The number of halogens is 2. The van der Waals surface area contributed by atoms with Crippen molar-refractivity contribution in [1.82, 2.24) is 9.88 Å². The number of carboxylic acid groups (broad SMARTS) is 1. The number of nitrogens with zero attached hydrogens (tertiary/aromatic N) is 2. The van der Waals surface area contributed by atoms with E-state index in [2.05, 4.69) is 15.2 Å². The number of aliphatic carboxylic acids is 1. The van der Waals surface area contributed by atoms with E-state index >= 15 is 0 Å². The Morgan fingerprint density at radius 1 is 1.19 bits per heavy atom. The molecule has 1 aromatic heterocycles. The summed E-state index contributed by atoms with van der Waals surface area (Å²) < 4.78 is 32.1. The van der Waals surface area contributed by atoms with Gasteiger partial charge in [-0.1, -0.05) is 0 Å². The molecule has 1 saturated heterocycles. The Morgan fingerprint density at radius 2 is 1.92 bits per heavy atom. The zero-order chi connectivity index (χ0) is 26.4. The predicted molar refractivity (Wildman–Crippen MR) is 140 cm³/mol. The van der Waals surface area contributed by atoms with E-state index in [0.29, 0.717) is 64.1 Å². The highest BCUT2D eigenvalue weighted by atomic mass is 19.1. The van der Waals surface area contributed by atoms with E-state index < -0.39 is 23.0 Å². The van der Waals surface area contributed by atoms with Crippen LogP contribution in [-0.4, -0.2) is 54.2 Å². The highest BCUT2D eigenvalue weighted by molar-refractivity contribution is 5.84.